The minimum absolute atomic E-state index is 0.168. The van der Waals surface area contributed by atoms with Crippen LogP contribution in [0.2, 0.25) is 0 Å². The molecule has 2 rings (SSSR count). The third kappa shape index (κ3) is 3.55. The van der Waals surface area contributed by atoms with Gasteiger partial charge < -0.3 is 10.4 Å². The van der Waals surface area contributed by atoms with E-state index in [1.54, 1.807) is 11.7 Å². The van der Waals surface area contributed by atoms with E-state index >= 15 is 0 Å². The van der Waals surface area contributed by atoms with Crippen molar-refractivity contribution in [3.8, 4) is 0 Å². The monoisotopic (exact) mass is 297 g/mol. The lowest BCUT2D eigenvalue weighted by Gasteiger charge is -2.31. The summed E-state index contributed by atoms with van der Waals surface area (Å²) in [5, 5.41) is 17.6. The normalized spacial score (nSPS) is 18.2. The van der Waals surface area contributed by atoms with Crippen LogP contribution in [-0.4, -0.2) is 44.4 Å². The van der Waals surface area contributed by atoms with Gasteiger partial charge in [0.15, 0.2) is 0 Å². The Balaban J connectivity index is 1.98. The number of nitrogens with one attached hydrogen (secondary N) is 1. The molecule has 2 N–H and O–H groups in total. The first-order valence-electron chi connectivity index (χ1n) is 7.03. The average Bonchev–Trinajstić information content (AvgIpc) is 2.79. The lowest BCUT2D eigenvalue weighted by molar-refractivity contribution is 0.0310. The molecule has 112 valence electrons. The van der Waals surface area contributed by atoms with Crippen molar-refractivity contribution in [2.75, 3.05) is 18.1 Å². The van der Waals surface area contributed by atoms with Gasteiger partial charge >= 0.3 is 0 Å². The first kappa shape index (κ1) is 15.4. The Bertz CT molecular complexity index is 479. The number of aliphatic hydroxyl groups is 1. The Morgan fingerprint density at radius 1 is 1.55 bits per heavy atom. The Hall–Kier alpha value is -1.01. The number of carbonyl (C=O) groups excluding carboxylic acids is 1. The van der Waals surface area contributed by atoms with Gasteiger partial charge in [0.1, 0.15) is 5.69 Å². The second-order valence-electron chi connectivity index (χ2n) is 5.75. The number of hydrogen-bond donors (Lipinski definition) is 2. The van der Waals surface area contributed by atoms with Crippen LogP contribution >= 0.6 is 11.8 Å². The maximum atomic E-state index is 12.2. The molecule has 5 nitrogen and oxygen atoms in total. The van der Waals surface area contributed by atoms with Crippen molar-refractivity contribution in [2.24, 2.45) is 7.05 Å². The van der Waals surface area contributed by atoms with Gasteiger partial charge in [0.05, 0.1) is 11.3 Å². The summed E-state index contributed by atoms with van der Waals surface area (Å²) in [6.07, 6.45) is 1.47. The highest BCUT2D eigenvalue weighted by Gasteiger charge is 2.30. The Labute approximate surface area is 124 Å². The Morgan fingerprint density at radius 3 is 2.75 bits per heavy atom. The fraction of sp³-hybridized carbons (Fsp3) is 0.714. The van der Waals surface area contributed by atoms with Crippen LogP contribution in [0, 0.1) is 0 Å². The maximum absolute atomic E-state index is 12.2. The van der Waals surface area contributed by atoms with Crippen LogP contribution in [0.25, 0.3) is 0 Å². The van der Waals surface area contributed by atoms with Gasteiger partial charge in [-0.1, -0.05) is 13.8 Å². The molecule has 1 saturated heterocycles. The van der Waals surface area contributed by atoms with Crippen LogP contribution in [0.3, 0.4) is 0 Å². The Kier molecular flexibility index (Phi) is 4.75. The zero-order chi connectivity index (χ0) is 14.8. The summed E-state index contributed by atoms with van der Waals surface area (Å²) in [4.78, 5) is 12.2. The number of rotatable bonds is 4. The van der Waals surface area contributed by atoms with Crippen molar-refractivity contribution in [1.29, 1.82) is 0 Å². The lowest BCUT2D eigenvalue weighted by atomic mass is 9.97. The lowest BCUT2D eigenvalue weighted by Crippen LogP contribution is -2.45. The minimum Gasteiger partial charge on any atom is -0.388 e. The van der Waals surface area contributed by atoms with Crippen molar-refractivity contribution >= 4 is 17.7 Å². The topological polar surface area (TPSA) is 67.2 Å². The van der Waals surface area contributed by atoms with Crippen LogP contribution in [0.4, 0.5) is 0 Å². The van der Waals surface area contributed by atoms with E-state index in [0.29, 0.717) is 18.2 Å². The fourth-order valence-electron chi connectivity index (χ4n) is 2.25. The molecule has 1 aliphatic heterocycles. The first-order chi connectivity index (χ1) is 9.41. The third-order valence-corrected chi connectivity index (χ3v) is 4.71. The maximum Gasteiger partial charge on any atom is 0.269 e. The van der Waals surface area contributed by atoms with E-state index in [4.69, 9.17) is 0 Å². The van der Waals surface area contributed by atoms with Crippen LogP contribution in [-0.2, 0) is 7.05 Å². The van der Waals surface area contributed by atoms with Gasteiger partial charge in [0.25, 0.3) is 5.91 Å². The molecule has 0 spiro atoms. The highest BCUT2D eigenvalue weighted by Crippen LogP contribution is 2.26. The van der Waals surface area contributed by atoms with E-state index in [9.17, 15) is 9.90 Å². The van der Waals surface area contributed by atoms with E-state index in [0.717, 1.165) is 30.0 Å². The minimum atomic E-state index is -0.750. The molecule has 0 aromatic carbocycles. The van der Waals surface area contributed by atoms with E-state index in [1.807, 2.05) is 31.7 Å². The molecule has 0 saturated carbocycles. The van der Waals surface area contributed by atoms with Gasteiger partial charge in [-0.3, -0.25) is 9.48 Å². The summed E-state index contributed by atoms with van der Waals surface area (Å²) in [6.45, 7) is 4.41. The second kappa shape index (κ2) is 6.18. The molecular formula is C14H23N3O2S. The molecule has 0 radical (unpaired) electrons. The molecule has 6 heteroatoms. The van der Waals surface area contributed by atoms with E-state index in [-0.39, 0.29) is 5.91 Å². The highest BCUT2D eigenvalue weighted by molar-refractivity contribution is 7.99. The number of carbonyl (C=O) groups is 1. The summed E-state index contributed by atoms with van der Waals surface area (Å²) in [5.41, 5.74) is 0.702. The van der Waals surface area contributed by atoms with Crippen LogP contribution in [0.15, 0.2) is 6.07 Å². The zero-order valence-electron chi connectivity index (χ0n) is 12.3. The summed E-state index contributed by atoms with van der Waals surface area (Å²) in [5.74, 6) is 2.03. The summed E-state index contributed by atoms with van der Waals surface area (Å²) in [7, 11) is 1.77. The molecule has 2 heterocycles. The van der Waals surface area contributed by atoms with Gasteiger partial charge in [0, 0.05) is 13.6 Å². The summed E-state index contributed by atoms with van der Waals surface area (Å²) >= 11 is 1.85. The summed E-state index contributed by atoms with van der Waals surface area (Å²) in [6, 6.07) is 1.82. The van der Waals surface area contributed by atoms with E-state index in [1.165, 1.54) is 0 Å². The highest BCUT2D eigenvalue weighted by atomic mass is 32.2. The second-order valence-corrected chi connectivity index (χ2v) is 6.98. The van der Waals surface area contributed by atoms with Crippen LogP contribution < -0.4 is 5.32 Å². The van der Waals surface area contributed by atoms with Crippen molar-refractivity contribution in [1.82, 2.24) is 15.1 Å². The molecule has 0 bridgehead atoms. The van der Waals surface area contributed by atoms with Gasteiger partial charge in [-0.15, -0.1) is 0 Å². The third-order valence-electron chi connectivity index (χ3n) is 3.72. The first-order valence-corrected chi connectivity index (χ1v) is 8.19. The molecule has 0 aliphatic carbocycles. The van der Waals surface area contributed by atoms with Crippen molar-refractivity contribution in [2.45, 2.75) is 38.2 Å². The number of hydrogen-bond acceptors (Lipinski definition) is 4. The average molecular weight is 297 g/mol. The van der Waals surface area contributed by atoms with Crippen molar-refractivity contribution < 1.29 is 9.90 Å². The number of aryl methyl sites for hydroxylation is 1. The quantitative estimate of drug-likeness (QED) is 0.884. The van der Waals surface area contributed by atoms with Crippen LogP contribution in [0.1, 0.15) is 48.8 Å². The fourth-order valence-corrected chi connectivity index (χ4v) is 3.50. The van der Waals surface area contributed by atoms with Gasteiger partial charge in [-0.25, -0.2) is 0 Å². The predicted octanol–water partition coefficient (Wildman–Crippen LogP) is 1.53. The van der Waals surface area contributed by atoms with Gasteiger partial charge in [-0.2, -0.15) is 16.9 Å². The van der Waals surface area contributed by atoms with Crippen molar-refractivity contribution in [3.05, 3.63) is 17.5 Å². The molecule has 1 aromatic rings. The molecule has 0 atom stereocenters. The van der Waals surface area contributed by atoms with Gasteiger partial charge in [-0.05, 0) is 36.3 Å². The molecule has 0 unspecified atom stereocenters. The largest absolute Gasteiger partial charge is 0.388 e. The van der Waals surface area contributed by atoms with Crippen molar-refractivity contribution in [3.63, 3.8) is 0 Å². The van der Waals surface area contributed by atoms with Crippen LogP contribution in [0.5, 0.6) is 0 Å². The molecule has 20 heavy (non-hydrogen) atoms. The smallest absolute Gasteiger partial charge is 0.269 e. The van der Waals surface area contributed by atoms with E-state index in [2.05, 4.69) is 10.4 Å². The number of nitrogens with zero attached hydrogens (tertiary/aromatic N) is 2. The molecular weight excluding hydrogens is 274 g/mol. The number of amides is 1. The number of aromatic nitrogens is 2. The predicted molar refractivity (Wildman–Crippen MR) is 81.1 cm³/mol. The number of thioether (sulfide) groups is 1. The van der Waals surface area contributed by atoms with Gasteiger partial charge in [0.2, 0.25) is 0 Å². The SMILES string of the molecule is CC(C)c1cc(C(=O)NCC2(O)CCSCC2)n(C)n1. The molecule has 1 aromatic heterocycles. The van der Waals surface area contributed by atoms with E-state index < -0.39 is 5.60 Å². The standard InChI is InChI=1S/C14H23N3O2S/c1-10(2)11-8-12(17(3)16-11)13(18)15-9-14(19)4-6-20-7-5-14/h8,10,19H,4-7,9H2,1-3H3,(H,15,18). The summed E-state index contributed by atoms with van der Waals surface area (Å²) < 4.78 is 1.60. The molecule has 1 amide bonds. The Morgan fingerprint density at radius 2 is 2.20 bits per heavy atom. The molecule has 1 aliphatic rings. The molecule has 1 fully saturated rings. The zero-order valence-corrected chi connectivity index (χ0v) is 13.2.